The Bertz CT molecular complexity index is 1380. The lowest BCUT2D eigenvalue weighted by molar-refractivity contribution is 0.0601. The fraction of sp³-hybridized carbons (Fsp3) is 0.136. The number of ether oxygens (including phenoxy) is 1. The summed E-state index contributed by atoms with van der Waals surface area (Å²) >= 11 is 1.87. The normalized spacial score (nSPS) is 11.3. The Hall–Kier alpha value is -2.87. The van der Waals surface area contributed by atoms with Crippen LogP contribution in [0.1, 0.15) is 21.5 Å². The molecule has 0 bridgehead atoms. The number of nitrogens with one attached hydrogen (secondary N) is 2. The van der Waals surface area contributed by atoms with Crippen molar-refractivity contribution >= 4 is 55.6 Å². The van der Waals surface area contributed by atoms with Crippen molar-refractivity contribution in [2.24, 2.45) is 0 Å². The molecule has 0 aliphatic heterocycles. The zero-order valence-electron chi connectivity index (χ0n) is 17.7. The first-order valence-corrected chi connectivity index (χ1v) is 12.4. The van der Waals surface area contributed by atoms with Crippen LogP contribution < -0.4 is 10.0 Å². The van der Waals surface area contributed by atoms with Gasteiger partial charge < -0.3 is 10.1 Å². The Balaban J connectivity index is 2.08. The number of carbonyl (C=O) groups is 1. The maximum absolute atomic E-state index is 15.1. The van der Waals surface area contributed by atoms with E-state index in [1.165, 1.54) is 30.3 Å². The lowest BCUT2D eigenvalue weighted by Crippen LogP contribution is -2.13. The van der Waals surface area contributed by atoms with Gasteiger partial charge in [0.1, 0.15) is 5.82 Å². The van der Waals surface area contributed by atoms with Crippen LogP contribution in [0.15, 0.2) is 42.5 Å². The average molecular weight is 608 g/mol. The van der Waals surface area contributed by atoms with Gasteiger partial charge in [-0.05, 0) is 64.0 Å². The monoisotopic (exact) mass is 608 g/mol. The molecule has 0 heterocycles. The van der Waals surface area contributed by atoms with Crippen molar-refractivity contribution in [3.05, 3.63) is 86.0 Å². The molecule has 12 heteroatoms. The highest BCUT2D eigenvalue weighted by atomic mass is 127. The first-order valence-electron chi connectivity index (χ1n) is 9.47. The van der Waals surface area contributed by atoms with Gasteiger partial charge in [0.2, 0.25) is 10.0 Å². The number of rotatable bonds is 7. The van der Waals surface area contributed by atoms with Crippen molar-refractivity contribution in [1.82, 2.24) is 0 Å². The molecule has 3 aromatic rings. The Morgan fingerprint density at radius 3 is 2.29 bits per heavy atom. The number of methoxy groups -OCH3 is 1. The molecule has 0 aliphatic carbocycles. The third-order valence-electron chi connectivity index (χ3n) is 4.63. The molecule has 0 amide bonds. The van der Waals surface area contributed by atoms with E-state index in [1.54, 1.807) is 0 Å². The molecule has 3 aromatic carbocycles. The van der Waals surface area contributed by atoms with Crippen molar-refractivity contribution < 1.29 is 35.5 Å². The molecule has 0 spiro atoms. The fourth-order valence-electron chi connectivity index (χ4n) is 3.13. The molecule has 0 atom stereocenters. The standard InChI is InChI=1S/C22H17F4IN2O4S/c1-33-22(30)14-9-12(8-11-4-3-5-17(18(11)24)29-34(2,31)32)19(25)20(26)21(14)28-16-7-6-13(27)10-15(16)23/h3-7,9-10,28-29H,8H2,1-2H3. The molecule has 180 valence electrons. The number of halogens is 5. The second-order valence-corrected chi connectivity index (χ2v) is 10.2. The van der Waals surface area contributed by atoms with E-state index in [1.807, 2.05) is 27.3 Å². The second kappa shape index (κ2) is 10.2. The smallest absolute Gasteiger partial charge is 0.340 e. The lowest BCUT2D eigenvalue weighted by Gasteiger charge is -2.16. The van der Waals surface area contributed by atoms with Crippen LogP contribution in [-0.2, 0) is 21.2 Å². The molecule has 3 rings (SSSR count). The van der Waals surface area contributed by atoms with Gasteiger partial charge in [-0.2, -0.15) is 0 Å². The number of anilines is 3. The average Bonchev–Trinajstić information content (AvgIpc) is 2.76. The van der Waals surface area contributed by atoms with Crippen LogP contribution in [0, 0.1) is 26.8 Å². The number of carbonyl (C=O) groups excluding carboxylic acids is 1. The van der Waals surface area contributed by atoms with E-state index in [0.717, 1.165) is 25.5 Å². The van der Waals surface area contributed by atoms with E-state index in [2.05, 4.69) is 10.1 Å². The maximum atomic E-state index is 15.1. The number of esters is 1. The van der Waals surface area contributed by atoms with Crippen molar-refractivity contribution in [3.8, 4) is 0 Å². The summed E-state index contributed by atoms with van der Waals surface area (Å²) in [4.78, 5) is 12.3. The molecule has 2 N–H and O–H groups in total. The largest absolute Gasteiger partial charge is 0.465 e. The lowest BCUT2D eigenvalue weighted by atomic mass is 9.99. The van der Waals surface area contributed by atoms with E-state index in [0.29, 0.717) is 3.57 Å². The molecule has 0 radical (unpaired) electrons. The maximum Gasteiger partial charge on any atom is 0.340 e. The highest BCUT2D eigenvalue weighted by Gasteiger charge is 2.25. The molecule has 0 saturated heterocycles. The number of benzene rings is 3. The summed E-state index contributed by atoms with van der Waals surface area (Å²) in [6.45, 7) is 0. The molecule has 0 unspecified atom stereocenters. The SMILES string of the molecule is COC(=O)c1cc(Cc2cccc(NS(C)(=O)=O)c2F)c(F)c(F)c1Nc1ccc(I)cc1F. The zero-order chi connectivity index (χ0) is 25.2. The number of hydrogen-bond acceptors (Lipinski definition) is 5. The molecule has 0 saturated carbocycles. The predicted molar refractivity (Wildman–Crippen MR) is 128 cm³/mol. The van der Waals surface area contributed by atoms with Crippen LogP contribution in [0.2, 0.25) is 0 Å². The van der Waals surface area contributed by atoms with Gasteiger partial charge in [-0.3, -0.25) is 4.72 Å². The summed E-state index contributed by atoms with van der Waals surface area (Å²) in [5.74, 6) is -5.69. The first kappa shape index (κ1) is 25.7. The van der Waals surface area contributed by atoms with Gasteiger partial charge >= 0.3 is 5.97 Å². The van der Waals surface area contributed by atoms with E-state index in [-0.39, 0.29) is 16.9 Å². The quantitative estimate of drug-likeness (QED) is 0.215. The van der Waals surface area contributed by atoms with Gasteiger partial charge in [-0.25, -0.2) is 30.8 Å². The third-order valence-corrected chi connectivity index (χ3v) is 5.89. The summed E-state index contributed by atoms with van der Waals surface area (Å²) in [6.07, 6.45) is 0.315. The van der Waals surface area contributed by atoms with Crippen LogP contribution in [0.3, 0.4) is 0 Å². The minimum absolute atomic E-state index is 0.160. The summed E-state index contributed by atoms with van der Waals surface area (Å²) in [5.41, 5.74) is -2.24. The highest BCUT2D eigenvalue weighted by Crippen LogP contribution is 2.32. The number of sulfonamides is 1. The van der Waals surface area contributed by atoms with E-state index < -0.39 is 62.5 Å². The summed E-state index contributed by atoms with van der Waals surface area (Å²) in [6, 6.07) is 8.68. The molecule has 0 aromatic heterocycles. The summed E-state index contributed by atoms with van der Waals surface area (Å²) in [7, 11) is -2.77. The minimum atomic E-state index is -3.79. The van der Waals surface area contributed by atoms with Crippen LogP contribution in [0.25, 0.3) is 0 Å². The zero-order valence-corrected chi connectivity index (χ0v) is 20.7. The molecule has 6 nitrogen and oxygen atoms in total. The Morgan fingerprint density at radius 2 is 1.68 bits per heavy atom. The van der Waals surface area contributed by atoms with Crippen molar-refractivity contribution in [3.63, 3.8) is 0 Å². The van der Waals surface area contributed by atoms with Crippen molar-refractivity contribution in [2.45, 2.75) is 6.42 Å². The van der Waals surface area contributed by atoms with E-state index in [9.17, 15) is 26.4 Å². The van der Waals surface area contributed by atoms with Gasteiger partial charge in [0.15, 0.2) is 17.5 Å². The van der Waals surface area contributed by atoms with Gasteiger partial charge in [-0.15, -0.1) is 0 Å². The van der Waals surface area contributed by atoms with Gasteiger partial charge in [0.25, 0.3) is 0 Å². The molecule has 0 fully saturated rings. The van der Waals surface area contributed by atoms with E-state index in [4.69, 9.17) is 0 Å². The second-order valence-electron chi connectivity index (χ2n) is 7.16. The Kier molecular flexibility index (Phi) is 7.70. The van der Waals surface area contributed by atoms with Crippen LogP contribution >= 0.6 is 22.6 Å². The van der Waals surface area contributed by atoms with Gasteiger partial charge in [0.05, 0.1) is 36.0 Å². The molecule has 0 aliphatic rings. The number of hydrogen-bond donors (Lipinski definition) is 2. The van der Waals surface area contributed by atoms with Crippen LogP contribution in [0.4, 0.5) is 34.6 Å². The van der Waals surface area contributed by atoms with E-state index >= 15 is 4.39 Å². The predicted octanol–water partition coefficient (Wildman–Crippen LogP) is 5.34. The van der Waals surface area contributed by atoms with Crippen LogP contribution in [-0.4, -0.2) is 27.8 Å². The van der Waals surface area contributed by atoms with Crippen molar-refractivity contribution in [2.75, 3.05) is 23.4 Å². The summed E-state index contributed by atoms with van der Waals surface area (Å²) < 4.78 is 89.2. The Morgan fingerprint density at radius 1 is 0.971 bits per heavy atom. The highest BCUT2D eigenvalue weighted by molar-refractivity contribution is 14.1. The summed E-state index contributed by atoms with van der Waals surface area (Å²) in [5, 5.41) is 2.38. The fourth-order valence-corrected chi connectivity index (χ4v) is 4.14. The topological polar surface area (TPSA) is 84.5 Å². The van der Waals surface area contributed by atoms with Gasteiger partial charge in [-0.1, -0.05) is 12.1 Å². The molecular weight excluding hydrogens is 591 g/mol. The third kappa shape index (κ3) is 5.78. The van der Waals surface area contributed by atoms with Crippen LogP contribution in [0.5, 0.6) is 0 Å². The Labute approximate surface area is 206 Å². The van der Waals surface area contributed by atoms with Crippen molar-refractivity contribution in [1.29, 1.82) is 0 Å². The minimum Gasteiger partial charge on any atom is -0.465 e. The first-order chi connectivity index (χ1) is 15.9. The van der Waals surface area contributed by atoms with Gasteiger partial charge in [0, 0.05) is 9.99 Å². The molecule has 34 heavy (non-hydrogen) atoms. The molecular formula is C22H17F4IN2O4S.